The minimum atomic E-state index is 0.786. The molecule has 5 nitrogen and oxygen atoms in total. The van der Waals surface area contributed by atoms with Gasteiger partial charge in [0.2, 0.25) is 0 Å². The van der Waals surface area contributed by atoms with Gasteiger partial charge in [-0.15, -0.1) is 0 Å². The normalized spacial score (nSPS) is 11.9. The molecule has 0 aromatic heterocycles. The summed E-state index contributed by atoms with van der Waals surface area (Å²) in [6, 6.07) is 0. The number of nitrogens with one attached hydrogen (secondary N) is 2. The van der Waals surface area contributed by atoms with E-state index in [2.05, 4.69) is 34.4 Å². The largest absolute Gasteiger partial charge is 0.385 e. The third kappa shape index (κ3) is 10.8. The van der Waals surface area contributed by atoms with Gasteiger partial charge in [-0.25, -0.2) is 0 Å². The molecule has 0 aliphatic heterocycles. The smallest absolute Gasteiger partial charge is 0.190 e. The zero-order valence-corrected chi connectivity index (χ0v) is 13.2. The molecule has 0 rings (SSSR count). The fourth-order valence-electron chi connectivity index (χ4n) is 1.85. The minimum Gasteiger partial charge on any atom is -0.385 e. The van der Waals surface area contributed by atoms with Gasteiger partial charge in [0.1, 0.15) is 0 Å². The van der Waals surface area contributed by atoms with Gasteiger partial charge in [0.15, 0.2) is 5.96 Å². The highest BCUT2D eigenvalue weighted by Crippen LogP contribution is 1.93. The van der Waals surface area contributed by atoms with E-state index in [-0.39, 0.29) is 0 Å². The highest BCUT2D eigenvalue weighted by Gasteiger charge is 1.99. The second-order valence-corrected chi connectivity index (χ2v) is 4.51. The van der Waals surface area contributed by atoms with Crippen molar-refractivity contribution in [1.82, 2.24) is 15.5 Å². The van der Waals surface area contributed by atoms with Gasteiger partial charge in [-0.2, -0.15) is 0 Å². The molecule has 0 aromatic rings. The summed E-state index contributed by atoms with van der Waals surface area (Å²) in [7, 11) is 3.53. The van der Waals surface area contributed by atoms with E-state index in [0.29, 0.717) is 0 Å². The maximum atomic E-state index is 5.01. The Balaban J connectivity index is 3.51. The van der Waals surface area contributed by atoms with E-state index in [1.165, 1.54) is 19.4 Å². The number of aliphatic imine (C=N–C) groups is 1. The first kappa shape index (κ1) is 18.2. The minimum absolute atomic E-state index is 0.786. The molecule has 0 aliphatic carbocycles. The maximum Gasteiger partial charge on any atom is 0.190 e. The lowest BCUT2D eigenvalue weighted by Gasteiger charge is -2.18. The van der Waals surface area contributed by atoms with Crippen LogP contribution < -0.4 is 10.6 Å². The molecule has 2 N–H and O–H groups in total. The number of ether oxygens (including phenoxy) is 1. The molecule has 5 heteroatoms. The number of methoxy groups -OCH3 is 1. The quantitative estimate of drug-likeness (QED) is 0.338. The van der Waals surface area contributed by atoms with Crippen molar-refractivity contribution in [3.63, 3.8) is 0 Å². The molecule has 0 unspecified atom stereocenters. The molecule has 114 valence electrons. The van der Waals surface area contributed by atoms with Gasteiger partial charge < -0.3 is 20.3 Å². The Morgan fingerprint density at radius 3 is 2.21 bits per heavy atom. The first-order valence-corrected chi connectivity index (χ1v) is 7.44. The van der Waals surface area contributed by atoms with Gasteiger partial charge in [-0.05, 0) is 38.9 Å². The van der Waals surface area contributed by atoms with Crippen molar-refractivity contribution >= 4 is 5.96 Å². The molecule has 0 bridgehead atoms. The summed E-state index contributed by atoms with van der Waals surface area (Å²) in [5, 5.41) is 6.61. The van der Waals surface area contributed by atoms with Crippen LogP contribution in [0.3, 0.4) is 0 Å². The Kier molecular flexibility index (Phi) is 13.0. The van der Waals surface area contributed by atoms with Gasteiger partial charge in [0.05, 0.1) is 0 Å². The van der Waals surface area contributed by atoms with E-state index in [4.69, 9.17) is 4.74 Å². The molecule has 19 heavy (non-hydrogen) atoms. The summed E-state index contributed by atoms with van der Waals surface area (Å²) in [4.78, 5) is 6.65. The van der Waals surface area contributed by atoms with E-state index in [9.17, 15) is 0 Å². The zero-order chi connectivity index (χ0) is 14.3. The highest BCUT2D eigenvalue weighted by molar-refractivity contribution is 5.79. The monoisotopic (exact) mass is 272 g/mol. The number of unbranched alkanes of at least 4 members (excludes halogenated alkanes) is 1. The molecule has 0 aromatic carbocycles. The average Bonchev–Trinajstić information content (AvgIpc) is 2.45. The lowest BCUT2D eigenvalue weighted by Crippen LogP contribution is -2.38. The molecule has 0 saturated heterocycles. The third-order valence-electron chi connectivity index (χ3n) is 3.13. The van der Waals surface area contributed by atoms with Crippen LogP contribution in [0.2, 0.25) is 0 Å². The van der Waals surface area contributed by atoms with Crippen molar-refractivity contribution in [1.29, 1.82) is 0 Å². The third-order valence-corrected chi connectivity index (χ3v) is 3.13. The molecule has 0 atom stereocenters. The SMILES string of the molecule is CCN(CC)CCCCNC(=NC)NCCCOC. The van der Waals surface area contributed by atoms with Crippen molar-refractivity contribution in [2.75, 3.05) is 53.5 Å². The van der Waals surface area contributed by atoms with Crippen LogP contribution in [0.5, 0.6) is 0 Å². The lowest BCUT2D eigenvalue weighted by molar-refractivity contribution is 0.195. The fraction of sp³-hybridized carbons (Fsp3) is 0.929. The number of hydrogen-bond acceptors (Lipinski definition) is 3. The van der Waals surface area contributed by atoms with E-state index in [0.717, 1.165) is 45.2 Å². The summed E-state index contributed by atoms with van der Waals surface area (Å²) in [6.45, 7) is 10.6. The van der Waals surface area contributed by atoms with Crippen LogP contribution in [0, 0.1) is 0 Å². The first-order chi connectivity index (χ1) is 9.28. The Bertz CT molecular complexity index is 217. The second-order valence-electron chi connectivity index (χ2n) is 4.51. The van der Waals surface area contributed by atoms with Crippen molar-refractivity contribution in [3.05, 3.63) is 0 Å². The van der Waals surface area contributed by atoms with E-state index in [1.807, 2.05) is 7.05 Å². The van der Waals surface area contributed by atoms with E-state index < -0.39 is 0 Å². The van der Waals surface area contributed by atoms with Gasteiger partial charge in [-0.3, -0.25) is 4.99 Å². The molecule has 0 fully saturated rings. The summed E-state index contributed by atoms with van der Waals surface area (Å²) in [6.07, 6.45) is 3.41. The molecule has 0 aliphatic rings. The van der Waals surface area contributed by atoms with Crippen LogP contribution in [0.15, 0.2) is 4.99 Å². The van der Waals surface area contributed by atoms with E-state index >= 15 is 0 Å². The number of nitrogens with zero attached hydrogens (tertiary/aromatic N) is 2. The Morgan fingerprint density at radius 2 is 1.68 bits per heavy atom. The Hall–Kier alpha value is -0.810. The van der Waals surface area contributed by atoms with Crippen LogP contribution in [-0.2, 0) is 4.74 Å². The highest BCUT2D eigenvalue weighted by atomic mass is 16.5. The van der Waals surface area contributed by atoms with Crippen LogP contribution in [0.4, 0.5) is 0 Å². The average molecular weight is 272 g/mol. The molecule has 0 radical (unpaired) electrons. The van der Waals surface area contributed by atoms with Crippen molar-refractivity contribution < 1.29 is 4.74 Å². The summed E-state index contributed by atoms with van der Waals surface area (Å²) in [5.41, 5.74) is 0. The van der Waals surface area contributed by atoms with Crippen molar-refractivity contribution in [2.45, 2.75) is 33.1 Å². The van der Waals surface area contributed by atoms with Gasteiger partial charge >= 0.3 is 0 Å². The number of guanidine groups is 1. The summed E-state index contributed by atoms with van der Waals surface area (Å²) in [5.74, 6) is 0.888. The van der Waals surface area contributed by atoms with Crippen LogP contribution in [0.1, 0.15) is 33.1 Å². The summed E-state index contributed by atoms with van der Waals surface area (Å²) >= 11 is 0. The second kappa shape index (κ2) is 13.6. The lowest BCUT2D eigenvalue weighted by atomic mass is 10.3. The number of hydrogen-bond donors (Lipinski definition) is 2. The van der Waals surface area contributed by atoms with Crippen LogP contribution in [0.25, 0.3) is 0 Å². The van der Waals surface area contributed by atoms with E-state index in [1.54, 1.807) is 7.11 Å². The fourth-order valence-corrected chi connectivity index (χ4v) is 1.85. The molecule has 0 amide bonds. The Labute approximate surface area is 118 Å². The van der Waals surface area contributed by atoms with Gasteiger partial charge in [-0.1, -0.05) is 13.8 Å². The topological polar surface area (TPSA) is 48.9 Å². The van der Waals surface area contributed by atoms with Crippen molar-refractivity contribution in [3.8, 4) is 0 Å². The predicted octanol–water partition coefficient (Wildman–Crippen LogP) is 1.31. The number of rotatable bonds is 11. The van der Waals surface area contributed by atoms with Gasteiger partial charge in [0.25, 0.3) is 0 Å². The van der Waals surface area contributed by atoms with Crippen LogP contribution in [-0.4, -0.2) is 64.3 Å². The Morgan fingerprint density at radius 1 is 1.05 bits per heavy atom. The molecular formula is C14H32N4O. The van der Waals surface area contributed by atoms with Crippen molar-refractivity contribution in [2.24, 2.45) is 4.99 Å². The van der Waals surface area contributed by atoms with Crippen LogP contribution >= 0.6 is 0 Å². The molecular weight excluding hydrogens is 240 g/mol. The zero-order valence-electron chi connectivity index (χ0n) is 13.2. The molecule has 0 heterocycles. The molecule has 0 saturated carbocycles. The van der Waals surface area contributed by atoms with Gasteiger partial charge in [0, 0.05) is 33.9 Å². The summed E-state index contributed by atoms with van der Waals surface area (Å²) < 4.78 is 5.01. The first-order valence-electron chi connectivity index (χ1n) is 7.44. The predicted molar refractivity (Wildman–Crippen MR) is 82.9 cm³/mol. The standard InChI is InChI=1S/C14H32N4O/c1-5-18(6-2)12-8-7-10-16-14(15-3)17-11-9-13-19-4/h5-13H2,1-4H3,(H2,15,16,17). The maximum absolute atomic E-state index is 5.01. The molecule has 0 spiro atoms.